The molecule has 1 N–H and O–H groups in total. The molecule has 0 bridgehead atoms. The SMILES string of the molecule is CCn1nc(CNC(C)CCN(C)C)c2ccccc21. The standard InChI is InChI=1S/C16H26N4/c1-5-20-16-9-7-6-8-14(16)15(18-20)12-17-13(2)10-11-19(3)4/h6-9,13,17H,5,10-12H2,1-4H3. The van der Waals surface area contributed by atoms with Crippen molar-refractivity contribution in [1.29, 1.82) is 0 Å². The number of para-hydroxylation sites is 1. The highest BCUT2D eigenvalue weighted by Crippen LogP contribution is 2.18. The molecule has 1 heterocycles. The second-order valence-corrected chi connectivity index (χ2v) is 5.65. The van der Waals surface area contributed by atoms with E-state index in [2.05, 4.69) is 67.1 Å². The van der Waals surface area contributed by atoms with Crippen LogP contribution in [0.1, 0.15) is 26.0 Å². The molecule has 0 amide bonds. The van der Waals surface area contributed by atoms with Gasteiger partial charge in [0.05, 0.1) is 11.2 Å². The molecule has 20 heavy (non-hydrogen) atoms. The van der Waals surface area contributed by atoms with Gasteiger partial charge in [0.2, 0.25) is 0 Å². The van der Waals surface area contributed by atoms with E-state index in [-0.39, 0.29) is 0 Å². The van der Waals surface area contributed by atoms with Gasteiger partial charge in [0, 0.05) is 24.5 Å². The Morgan fingerprint density at radius 1 is 1.30 bits per heavy atom. The Bertz CT molecular complexity index is 544. The van der Waals surface area contributed by atoms with E-state index in [4.69, 9.17) is 5.10 Å². The Labute approximate surface area is 121 Å². The largest absolute Gasteiger partial charge is 0.309 e. The first-order valence-corrected chi connectivity index (χ1v) is 7.44. The van der Waals surface area contributed by atoms with Gasteiger partial charge in [-0.2, -0.15) is 5.10 Å². The molecule has 1 aromatic carbocycles. The summed E-state index contributed by atoms with van der Waals surface area (Å²) in [6.45, 7) is 7.23. The molecule has 4 heteroatoms. The molecule has 1 atom stereocenters. The van der Waals surface area contributed by atoms with E-state index in [1.54, 1.807) is 0 Å². The lowest BCUT2D eigenvalue weighted by molar-refractivity contribution is 0.365. The van der Waals surface area contributed by atoms with Gasteiger partial charge in [-0.1, -0.05) is 18.2 Å². The summed E-state index contributed by atoms with van der Waals surface area (Å²) in [4.78, 5) is 2.22. The number of fused-ring (bicyclic) bond motifs is 1. The number of nitrogens with zero attached hydrogens (tertiary/aromatic N) is 3. The van der Waals surface area contributed by atoms with Crippen LogP contribution >= 0.6 is 0 Å². The molecule has 0 saturated carbocycles. The number of hydrogen-bond donors (Lipinski definition) is 1. The summed E-state index contributed by atoms with van der Waals surface area (Å²) in [5.41, 5.74) is 2.38. The monoisotopic (exact) mass is 274 g/mol. The summed E-state index contributed by atoms with van der Waals surface area (Å²) in [5, 5.41) is 9.57. The van der Waals surface area contributed by atoms with Gasteiger partial charge in [0.15, 0.2) is 0 Å². The summed E-state index contributed by atoms with van der Waals surface area (Å²) in [7, 11) is 4.23. The van der Waals surface area contributed by atoms with Crippen molar-refractivity contribution in [1.82, 2.24) is 20.0 Å². The normalized spacial score (nSPS) is 13.2. The summed E-state index contributed by atoms with van der Waals surface area (Å²) in [5.74, 6) is 0. The first-order chi connectivity index (χ1) is 9.61. The van der Waals surface area contributed by atoms with Gasteiger partial charge in [0.1, 0.15) is 0 Å². The van der Waals surface area contributed by atoms with Crippen LogP contribution in [-0.2, 0) is 13.1 Å². The van der Waals surface area contributed by atoms with Crippen LogP contribution in [0.3, 0.4) is 0 Å². The van der Waals surface area contributed by atoms with Crippen molar-refractivity contribution >= 4 is 10.9 Å². The predicted molar refractivity (Wildman–Crippen MR) is 84.9 cm³/mol. The molecule has 0 saturated heterocycles. The zero-order chi connectivity index (χ0) is 14.5. The van der Waals surface area contributed by atoms with Crippen LogP contribution in [0.25, 0.3) is 10.9 Å². The molecule has 2 rings (SSSR count). The highest BCUT2D eigenvalue weighted by molar-refractivity contribution is 5.81. The Balaban J connectivity index is 2.03. The van der Waals surface area contributed by atoms with Crippen molar-refractivity contribution in [3.8, 4) is 0 Å². The highest BCUT2D eigenvalue weighted by atomic mass is 15.3. The Morgan fingerprint density at radius 3 is 2.75 bits per heavy atom. The van der Waals surface area contributed by atoms with Gasteiger partial charge in [-0.15, -0.1) is 0 Å². The van der Waals surface area contributed by atoms with E-state index in [0.717, 1.165) is 31.7 Å². The van der Waals surface area contributed by atoms with Gasteiger partial charge >= 0.3 is 0 Å². The van der Waals surface area contributed by atoms with Crippen molar-refractivity contribution in [2.24, 2.45) is 0 Å². The second-order valence-electron chi connectivity index (χ2n) is 5.65. The molecule has 4 nitrogen and oxygen atoms in total. The Morgan fingerprint density at radius 2 is 2.05 bits per heavy atom. The molecule has 2 aromatic rings. The molecular weight excluding hydrogens is 248 g/mol. The first kappa shape index (κ1) is 15.0. The Hall–Kier alpha value is -1.39. The molecule has 1 aromatic heterocycles. The van der Waals surface area contributed by atoms with Crippen molar-refractivity contribution < 1.29 is 0 Å². The lowest BCUT2D eigenvalue weighted by atomic mass is 10.2. The first-order valence-electron chi connectivity index (χ1n) is 7.44. The maximum atomic E-state index is 4.72. The Kier molecular flexibility index (Phi) is 5.15. The third-order valence-corrected chi connectivity index (χ3v) is 3.66. The molecule has 110 valence electrons. The maximum absolute atomic E-state index is 4.72. The third kappa shape index (κ3) is 3.58. The van der Waals surface area contributed by atoms with Crippen LogP contribution in [-0.4, -0.2) is 41.4 Å². The highest BCUT2D eigenvalue weighted by Gasteiger charge is 2.10. The van der Waals surface area contributed by atoms with Crippen LogP contribution in [0.15, 0.2) is 24.3 Å². The molecule has 0 fully saturated rings. The molecular formula is C16H26N4. The second kappa shape index (κ2) is 6.86. The van der Waals surface area contributed by atoms with Gasteiger partial charge in [-0.05, 0) is 47.0 Å². The summed E-state index contributed by atoms with van der Waals surface area (Å²) in [6.07, 6.45) is 1.15. The minimum Gasteiger partial charge on any atom is -0.309 e. The summed E-state index contributed by atoms with van der Waals surface area (Å²) < 4.78 is 2.08. The lowest BCUT2D eigenvalue weighted by Gasteiger charge is -2.16. The molecule has 0 radical (unpaired) electrons. The molecule has 0 aliphatic heterocycles. The number of aryl methyl sites for hydroxylation is 1. The molecule has 1 unspecified atom stereocenters. The van der Waals surface area contributed by atoms with Crippen LogP contribution < -0.4 is 5.32 Å². The third-order valence-electron chi connectivity index (χ3n) is 3.66. The van der Waals surface area contributed by atoms with E-state index in [1.807, 2.05) is 0 Å². The van der Waals surface area contributed by atoms with Crippen molar-refractivity contribution in [2.75, 3.05) is 20.6 Å². The number of benzene rings is 1. The van der Waals surface area contributed by atoms with Crippen LogP contribution in [0.2, 0.25) is 0 Å². The number of nitrogens with one attached hydrogen (secondary N) is 1. The fourth-order valence-corrected chi connectivity index (χ4v) is 2.39. The van der Waals surface area contributed by atoms with Crippen LogP contribution in [0, 0.1) is 0 Å². The average molecular weight is 274 g/mol. The summed E-state index contributed by atoms with van der Waals surface area (Å²) >= 11 is 0. The minimum absolute atomic E-state index is 0.503. The number of aromatic nitrogens is 2. The fourth-order valence-electron chi connectivity index (χ4n) is 2.39. The minimum atomic E-state index is 0.503. The van der Waals surface area contributed by atoms with Crippen LogP contribution in [0.4, 0.5) is 0 Å². The van der Waals surface area contributed by atoms with Crippen LogP contribution in [0.5, 0.6) is 0 Å². The number of rotatable bonds is 7. The zero-order valence-electron chi connectivity index (χ0n) is 13.1. The molecule has 0 aliphatic rings. The quantitative estimate of drug-likeness (QED) is 0.842. The van der Waals surface area contributed by atoms with E-state index in [9.17, 15) is 0 Å². The smallest absolute Gasteiger partial charge is 0.0841 e. The van der Waals surface area contributed by atoms with E-state index >= 15 is 0 Å². The topological polar surface area (TPSA) is 33.1 Å². The van der Waals surface area contributed by atoms with Gasteiger partial charge in [0.25, 0.3) is 0 Å². The fraction of sp³-hybridized carbons (Fsp3) is 0.562. The van der Waals surface area contributed by atoms with Gasteiger partial charge < -0.3 is 10.2 Å². The van der Waals surface area contributed by atoms with E-state index < -0.39 is 0 Å². The average Bonchev–Trinajstić information content (AvgIpc) is 2.81. The maximum Gasteiger partial charge on any atom is 0.0841 e. The molecule has 0 spiro atoms. The van der Waals surface area contributed by atoms with Crippen molar-refractivity contribution in [3.63, 3.8) is 0 Å². The van der Waals surface area contributed by atoms with Gasteiger partial charge in [-0.3, -0.25) is 4.68 Å². The van der Waals surface area contributed by atoms with E-state index in [1.165, 1.54) is 10.9 Å². The summed E-state index contributed by atoms with van der Waals surface area (Å²) in [6, 6.07) is 8.97. The molecule has 0 aliphatic carbocycles. The lowest BCUT2D eigenvalue weighted by Crippen LogP contribution is -2.29. The van der Waals surface area contributed by atoms with Crippen molar-refractivity contribution in [3.05, 3.63) is 30.0 Å². The predicted octanol–water partition coefficient (Wildman–Crippen LogP) is 2.49. The zero-order valence-corrected chi connectivity index (χ0v) is 13.1. The number of hydrogen-bond acceptors (Lipinski definition) is 3. The van der Waals surface area contributed by atoms with Crippen molar-refractivity contribution in [2.45, 2.75) is 39.4 Å². The van der Waals surface area contributed by atoms with E-state index in [0.29, 0.717) is 6.04 Å². The van der Waals surface area contributed by atoms with Gasteiger partial charge in [-0.25, -0.2) is 0 Å².